The summed E-state index contributed by atoms with van der Waals surface area (Å²) in [7, 11) is 0. The smallest absolute Gasteiger partial charge is 0.220 e. The summed E-state index contributed by atoms with van der Waals surface area (Å²) in [6, 6.07) is 10.8. The van der Waals surface area contributed by atoms with Crippen molar-refractivity contribution in [3.63, 3.8) is 0 Å². The summed E-state index contributed by atoms with van der Waals surface area (Å²) < 4.78 is 0. The molecule has 3 rings (SSSR count). The van der Waals surface area contributed by atoms with Crippen LogP contribution in [0.15, 0.2) is 30.3 Å². The molecule has 18 heavy (non-hydrogen) atoms. The molecular formula is C15H20N2O. The van der Waals surface area contributed by atoms with Crippen LogP contribution in [0.25, 0.3) is 0 Å². The van der Waals surface area contributed by atoms with E-state index in [4.69, 9.17) is 0 Å². The highest BCUT2D eigenvalue weighted by molar-refractivity contribution is 5.77. The summed E-state index contributed by atoms with van der Waals surface area (Å²) in [4.78, 5) is 11.9. The molecule has 1 saturated carbocycles. The van der Waals surface area contributed by atoms with E-state index in [0.29, 0.717) is 24.3 Å². The average Bonchev–Trinajstić information content (AvgIpc) is 2.95. The van der Waals surface area contributed by atoms with E-state index in [1.807, 2.05) is 6.07 Å². The van der Waals surface area contributed by atoms with Gasteiger partial charge in [-0.1, -0.05) is 30.3 Å². The number of carbonyl (C=O) groups excluding carboxylic acids is 1. The third kappa shape index (κ3) is 2.72. The first-order valence-electron chi connectivity index (χ1n) is 6.88. The fraction of sp³-hybridized carbons (Fsp3) is 0.533. The van der Waals surface area contributed by atoms with E-state index in [1.54, 1.807) is 0 Å². The van der Waals surface area contributed by atoms with E-state index in [-0.39, 0.29) is 5.91 Å². The van der Waals surface area contributed by atoms with Crippen molar-refractivity contribution in [3.8, 4) is 0 Å². The zero-order valence-electron chi connectivity index (χ0n) is 10.6. The van der Waals surface area contributed by atoms with Crippen molar-refractivity contribution in [2.45, 2.75) is 31.2 Å². The number of hydrogen-bond donors (Lipinski definition) is 2. The molecule has 0 aromatic heterocycles. The van der Waals surface area contributed by atoms with Crippen molar-refractivity contribution in [1.29, 1.82) is 0 Å². The minimum Gasteiger partial charge on any atom is -0.353 e. The van der Waals surface area contributed by atoms with E-state index in [2.05, 4.69) is 34.9 Å². The quantitative estimate of drug-likeness (QED) is 0.845. The molecule has 2 N–H and O–H groups in total. The van der Waals surface area contributed by atoms with Crippen LogP contribution < -0.4 is 10.6 Å². The lowest BCUT2D eigenvalue weighted by Crippen LogP contribution is -2.28. The van der Waals surface area contributed by atoms with E-state index in [9.17, 15) is 4.79 Å². The number of hydrogen-bond acceptors (Lipinski definition) is 2. The molecule has 0 bridgehead atoms. The van der Waals surface area contributed by atoms with Gasteiger partial charge in [0, 0.05) is 18.4 Å². The van der Waals surface area contributed by atoms with Gasteiger partial charge in [0.2, 0.25) is 5.91 Å². The second kappa shape index (κ2) is 5.11. The Kier molecular flexibility index (Phi) is 3.33. The van der Waals surface area contributed by atoms with Gasteiger partial charge < -0.3 is 10.6 Å². The highest BCUT2D eigenvalue weighted by Crippen LogP contribution is 2.40. The zero-order chi connectivity index (χ0) is 12.4. The monoisotopic (exact) mass is 244 g/mol. The summed E-state index contributed by atoms with van der Waals surface area (Å²) in [5.74, 6) is 1.31. The molecule has 1 amide bonds. The topological polar surface area (TPSA) is 41.1 Å². The van der Waals surface area contributed by atoms with Crippen LogP contribution in [0.4, 0.5) is 0 Å². The summed E-state index contributed by atoms with van der Waals surface area (Å²) in [5, 5.41) is 6.46. The lowest BCUT2D eigenvalue weighted by Gasteiger charge is -2.09. The highest BCUT2D eigenvalue weighted by atomic mass is 16.1. The molecule has 3 unspecified atom stereocenters. The largest absolute Gasteiger partial charge is 0.353 e. The van der Waals surface area contributed by atoms with Crippen LogP contribution in [0.5, 0.6) is 0 Å². The van der Waals surface area contributed by atoms with Crippen molar-refractivity contribution >= 4 is 5.91 Å². The van der Waals surface area contributed by atoms with Gasteiger partial charge in [-0.25, -0.2) is 0 Å². The molecule has 1 aromatic rings. The Labute approximate surface area is 108 Å². The average molecular weight is 244 g/mol. The Morgan fingerprint density at radius 3 is 2.89 bits per heavy atom. The molecule has 3 heteroatoms. The number of rotatable bonds is 4. The third-order valence-corrected chi connectivity index (χ3v) is 4.00. The first-order valence-corrected chi connectivity index (χ1v) is 6.88. The molecule has 1 heterocycles. The number of amides is 1. The van der Waals surface area contributed by atoms with Crippen molar-refractivity contribution in [3.05, 3.63) is 35.9 Å². The first kappa shape index (κ1) is 11.7. The zero-order valence-corrected chi connectivity index (χ0v) is 10.6. The lowest BCUT2D eigenvalue weighted by atomic mass is 10.0. The minimum absolute atomic E-state index is 0.229. The molecule has 1 saturated heterocycles. The standard InChI is InChI=1S/C15H20N2O/c18-15(8-11-6-7-16-10-11)17-14-9-13(14)12-4-2-1-3-5-12/h1-5,11,13-14,16H,6-10H2,(H,17,18). The van der Waals surface area contributed by atoms with Gasteiger partial charge >= 0.3 is 0 Å². The van der Waals surface area contributed by atoms with Crippen molar-refractivity contribution < 1.29 is 4.79 Å². The van der Waals surface area contributed by atoms with Crippen molar-refractivity contribution in [2.75, 3.05) is 13.1 Å². The van der Waals surface area contributed by atoms with E-state index < -0.39 is 0 Å². The Balaban J connectivity index is 1.46. The van der Waals surface area contributed by atoms with Crippen molar-refractivity contribution in [1.82, 2.24) is 10.6 Å². The van der Waals surface area contributed by atoms with Crippen LogP contribution in [0.1, 0.15) is 30.7 Å². The Morgan fingerprint density at radius 2 is 2.17 bits per heavy atom. The number of carbonyl (C=O) groups is 1. The molecular weight excluding hydrogens is 224 g/mol. The molecule has 3 nitrogen and oxygen atoms in total. The maximum Gasteiger partial charge on any atom is 0.220 e. The van der Waals surface area contributed by atoms with Crippen LogP contribution in [0.3, 0.4) is 0 Å². The molecule has 1 aromatic carbocycles. The van der Waals surface area contributed by atoms with Crippen molar-refractivity contribution in [2.24, 2.45) is 5.92 Å². The van der Waals surface area contributed by atoms with Gasteiger partial charge in [0.15, 0.2) is 0 Å². The van der Waals surface area contributed by atoms with E-state index in [1.165, 1.54) is 5.56 Å². The van der Waals surface area contributed by atoms with Gasteiger partial charge in [-0.2, -0.15) is 0 Å². The van der Waals surface area contributed by atoms with Gasteiger partial charge in [-0.3, -0.25) is 4.79 Å². The summed E-state index contributed by atoms with van der Waals surface area (Å²) in [6.07, 6.45) is 2.92. The van der Waals surface area contributed by atoms with Gasteiger partial charge in [0.25, 0.3) is 0 Å². The Bertz CT molecular complexity index is 412. The molecule has 1 aliphatic heterocycles. The fourth-order valence-corrected chi connectivity index (χ4v) is 2.84. The summed E-state index contributed by atoms with van der Waals surface area (Å²) >= 11 is 0. The van der Waals surface area contributed by atoms with E-state index in [0.717, 1.165) is 25.9 Å². The van der Waals surface area contributed by atoms with Crippen LogP contribution in [0.2, 0.25) is 0 Å². The second-order valence-electron chi connectivity index (χ2n) is 5.49. The van der Waals surface area contributed by atoms with Gasteiger partial charge in [0.05, 0.1) is 0 Å². The molecule has 2 fully saturated rings. The first-order chi connectivity index (χ1) is 8.83. The molecule has 0 spiro atoms. The van der Waals surface area contributed by atoms with Gasteiger partial charge in [0.1, 0.15) is 0 Å². The lowest BCUT2D eigenvalue weighted by molar-refractivity contribution is -0.122. The third-order valence-electron chi connectivity index (χ3n) is 4.00. The van der Waals surface area contributed by atoms with Gasteiger partial charge in [-0.15, -0.1) is 0 Å². The second-order valence-corrected chi connectivity index (χ2v) is 5.49. The van der Waals surface area contributed by atoms with Crippen LogP contribution in [0, 0.1) is 5.92 Å². The molecule has 1 aliphatic carbocycles. The molecule has 96 valence electrons. The van der Waals surface area contributed by atoms with Gasteiger partial charge in [-0.05, 0) is 37.4 Å². The predicted octanol–water partition coefficient (Wildman–Crippen LogP) is 1.66. The highest BCUT2D eigenvalue weighted by Gasteiger charge is 2.39. The predicted molar refractivity (Wildman–Crippen MR) is 71.3 cm³/mol. The Morgan fingerprint density at radius 1 is 1.33 bits per heavy atom. The van der Waals surface area contributed by atoms with Crippen LogP contribution in [-0.4, -0.2) is 25.0 Å². The summed E-state index contributed by atoms with van der Waals surface area (Å²) in [6.45, 7) is 2.06. The summed E-state index contributed by atoms with van der Waals surface area (Å²) in [5.41, 5.74) is 1.35. The van der Waals surface area contributed by atoms with Crippen LogP contribution >= 0.6 is 0 Å². The maximum absolute atomic E-state index is 11.9. The molecule has 3 atom stereocenters. The normalized spacial score (nSPS) is 30.1. The maximum atomic E-state index is 11.9. The number of benzene rings is 1. The molecule has 0 radical (unpaired) electrons. The molecule has 2 aliphatic rings. The Hall–Kier alpha value is -1.35. The SMILES string of the molecule is O=C(CC1CCNC1)NC1CC1c1ccccc1. The fourth-order valence-electron chi connectivity index (χ4n) is 2.84. The van der Waals surface area contributed by atoms with E-state index >= 15 is 0 Å². The van der Waals surface area contributed by atoms with Crippen LogP contribution in [-0.2, 0) is 4.79 Å². The number of nitrogens with one attached hydrogen (secondary N) is 2. The minimum atomic E-state index is 0.229.